The molecule has 1 aliphatic heterocycles. The van der Waals surface area contributed by atoms with Crippen molar-refractivity contribution >= 4 is 29.5 Å². The Morgan fingerprint density at radius 2 is 2.15 bits per heavy atom. The third kappa shape index (κ3) is 4.20. The van der Waals surface area contributed by atoms with Gasteiger partial charge in [-0.15, -0.1) is 0 Å². The van der Waals surface area contributed by atoms with E-state index in [1.807, 2.05) is 13.2 Å². The van der Waals surface area contributed by atoms with E-state index in [0.29, 0.717) is 36.9 Å². The predicted molar refractivity (Wildman–Crippen MR) is 99.0 cm³/mol. The topological polar surface area (TPSA) is 107 Å². The quantitative estimate of drug-likeness (QED) is 0.639. The molecule has 1 aliphatic carbocycles. The molecule has 1 saturated carbocycles. The number of carbonyl (C=O) groups is 3. The van der Waals surface area contributed by atoms with E-state index in [0.717, 1.165) is 18.5 Å². The molecule has 1 aromatic heterocycles. The van der Waals surface area contributed by atoms with E-state index in [2.05, 4.69) is 20.8 Å². The number of nitrogens with one attached hydrogen (secondary N) is 3. The van der Waals surface area contributed by atoms with Crippen LogP contribution in [0.4, 0.5) is 0 Å². The van der Waals surface area contributed by atoms with Crippen molar-refractivity contribution in [2.45, 2.75) is 44.2 Å². The lowest BCUT2D eigenvalue weighted by Crippen LogP contribution is -2.46. The molecule has 3 rings (SSSR count). The van der Waals surface area contributed by atoms with E-state index in [9.17, 15) is 14.4 Å². The molecule has 9 heteroatoms. The zero-order valence-electron chi connectivity index (χ0n) is 15.1. The zero-order chi connectivity index (χ0) is 18.7. The highest BCUT2D eigenvalue weighted by molar-refractivity contribution is 7.99. The summed E-state index contributed by atoms with van der Waals surface area (Å²) >= 11 is 1.42. The van der Waals surface area contributed by atoms with Crippen LogP contribution in [0.1, 0.15) is 48.3 Å². The highest BCUT2D eigenvalue weighted by Gasteiger charge is 2.40. The van der Waals surface area contributed by atoms with Crippen LogP contribution >= 0.6 is 11.8 Å². The average molecular weight is 379 g/mol. The lowest BCUT2D eigenvalue weighted by molar-refractivity contribution is -0.136. The summed E-state index contributed by atoms with van der Waals surface area (Å²) in [5.74, 6) is 0.292. The first-order chi connectivity index (χ1) is 12.5. The molecule has 0 unspecified atom stereocenters. The molecular formula is C17H25N5O3S. The number of rotatable bonds is 7. The molecule has 0 aromatic carbocycles. The Bertz CT molecular complexity index is 662. The van der Waals surface area contributed by atoms with Gasteiger partial charge in [0.25, 0.3) is 5.91 Å². The number of likely N-dealkylation sites (tertiary alicyclic amines) is 1. The average Bonchev–Trinajstić information content (AvgIpc) is 3.18. The Morgan fingerprint density at radius 1 is 1.38 bits per heavy atom. The van der Waals surface area contributed by atoms with Gasteiger partial charge >= 0.3 is 0 Å². The smallest absolute Gasteiger partial charge is 0.272 e. The number of aromatic amines is 1. The molecule has 3 N–H and O–H groups in total. The number of hydrogen-bond acceptors (Lipinski definition) is 5. The summed E-state index contributed by atoms with van der Waals surface area (Å²) < 4.78 is 0. The maximum Gasteiger partial charge on any atom is 0.272 e. The summed E-state index contributed by atoms with van der Waals surface area (Å²) in [5.41, 5.74) is 1.36. The Labute approximate surface area is 156 Å². The van der Waals surface area contributed by atoms with Gasteiger partial charge in [-0.1, -0.05) is 0 Å². The van der Waals surface area contributed by atoms with Crippen molar-refractivity contribution in [2.24, 2.45) is 0 Å². The Kier molecular flexibility index (Phi) is 5.85. The molecule has 26 heavy (non-hydrogen) atoms. The molecular weight excluding hydrogens is 354 g/mol. The number of hydrogen-bond donors (Lipinski definition) is 3. The third-order valence-corrected chi connectivity index (χ3v) is 5.26. The summed E-state index contributed by atoms with van der Waals surface area (Å²) in [6, 6.07) is 0.989. The highest BCUT2D eigenvalue weighted by Crippen LogP contribution is 2.39. The van der Waals surface area contributed by atoms with Crippen LogP contribution in [0, 0.1) is 0 Å². The number of aromatic nitrogens is 2. The van der Waals surface area contributed by atoms with Crippen molar-refractivity contribution in [1.82, 2.24) is 25.7 Å². The summed E-state index contributed by atoms with van der Waals surface area (Å²) in [4.78, 5) is 38.7. The van der Waals surface area contributed by atoms with Gasteiger partial charge in [-0.2, -0.15) is 16.9 Å². The first-order valence-corrected chi connectivity index (χ1v) is 10.3. The van der Waals surface area contributed by atoms with Crippen molar-refractivity contribution < 1.29 is 14.4 Å². The van der Waals surface area contributed by atoms with E-state index in [-0.39, 0.29) is 23.8 Å². The summed E-state index contributed by atoms with van der Waals surface area (Å²) in [5, 5.41) is 12.7. The molecule has 3 amide bonds. The molecule has 2 aliphatic rings. The molecule has 1 saturated heterocycles. The number of H-pyrrole nitrogens is 1. The van der Waals surface area contributed by atoms with Gasteiger partial charge in [0.15, 0.2) is 0 Å². The van der Waals surface area contributed by atoms with E-state index in [1.54, 1.807) is 11.0 Å². The maximum absolute atomic E-state index is 12.5. The first kappa shape index (κ1) is 18.8. The van der Waals surface area contributed by atoms with Crippen molar-refractivity contribution in [3.63, 3.8) is 0 Å². The van der Waals surface area contributed by atoms with Crippen molar-refractivity contribution in [1.29, 1.82) is 0 Å². The van der Waals surface area contributed by atoms with Crippen LogP contribution in [-0.2, 0) is 9.59 Å². The molecule has 0 radical (unpaired) electrons. The van der Waals surface area contributed by atoms with Crippen LogP contribution < -0.4 is 10.6 Å². The van der Waals surface area contributed by atoms with E-state index < -0.39 is 6.04 Å². The van der Waals surface area contributed by atoms with Gasteiger partial charge in [0, 0.05) is 30.7 Å². The Hall–Kier alpha value is -2.03. The fourth-order valence-corrected chi connectivity index (χ4v) is 3.69. The Morgan fingerprint density at radius 3 is 2.81 bits per heavy atom. The van der Waals surface area contributed by atoms with Gasteiger partial charge in [-0.25, -0.2) is 0 Å². The van der Waals surface area contributed by atoms with Crippen LogP contribution in [0.15, 0.2) is 6.07 Å². The monoisotopic (exact) mass is 379 g/mol. The summed E-state index contributed by atoms with van der Waals surface area (Å²) in [6.45, 7) is 2.69. The second kappa shape index (κ2) is 8.11. The summed E-state index contributed by atoms with van der Waals surface area (Å²) in [6.07, 6.45) is 4.53. The fraction of sp³-hybridized carbons (Fsp3) is 0.647. The van der Waals surface area contributed by atoms with Crippen molar-refractivity contribution in [3.05, 3.63) is 17.5 Å². The van der Waals surface area contributed by atoms with Crippen LogP contribution in [-0.4, -0.2) is 70.0 Å². The van der Waals surface area contributed by atoms with Gasteiger partial charge in [0.2, 0.25) is 11.8 Å². The van der Waals surface area contributed by atoms with Gasteiger partial charge in [-0.3, -0.25) is 19.5 Å². The zero-order valence-corrected chi connectivity index (χ0v) is 15.9. The van der Waals surface area contributed by atoms with Crippen LogP contribution in [0.3, 0.4) is 0 Å². The minimum absolute atomic E-state index is 0.0821. The third-order valence-electron chi connectivity index (χ3n) is 4.73. The number of likely N-dealkylation sites (N-methyl/N-ethyl adjacent to an activating group) is 1. The van der Waals surface area contributed by atoms with Gasteiger partial charge < -0.3 is 15.5 Å². The molecule has 0 spiro atoms. The molecule has 2 heterocycles. The van der Waals surface area contributed by atoms with Gasteiger partial charge in [-0.05, 0) is 38.5 Å². The first-order valence-electron chi connectivity index (χ1n) is 8.95. The second-order valence-corrected chi connectivity index (χ2v) is 7.64. The molecule has 8 nitrogen and oxygen atoms in total. The SMILES string of the molecule is CCNC(=O)[C@@H]1C[C@H](NC(=O)c2cc(C3CC3)[nH]n2)CN1C(=O)CSC. The Balaban J connectivity index is 1.64. The summed E-state index contributed by atoms with van der Waals surface area (Å²) in [7, 11) is 0. The van der Waals surface area contributed by atoms with Gasteiger partial charge in [0.1, 0.15) is 11.7 Å². The minimum atomic E-state index is -0.541. The van der Waals surface area contributed by atoms with E-state index in [4.69, 9.17) is 0 Å². The van der Waals surface area contributed by atoms with Crippen LogP contribution in [0.25, 0.3) is 0 Å². The highest BCUT2D eigenvalue weighted by atomic mass is 32.2. The number of thioether (sulfide) groups is 1. The predicted octanol–water partition coefficient (Wildman–Crippen LogP) is 0.486. The maximum atomic E-state index is 12.5. The molecule has 0 bridgehead atoms. The molecule has 2 atom stereocenters. The lowest BCUT2D eigenvalue weighted by Gasteiger charge is -2.23. The normalized spacial score (nSPS) is 22.3. The standard InChI is InChI=1S/C17H25N5O3S/c1-3-18-17(25)14-6-11(8-22(14)15(23)9-26-2)19-16(24)13-7-12(20-21-13)10-4-5-10/h7,10-11,14H,3-6,8-9H2,1-2H3,(H,18,25)(H,19,24)(H,20,21)/t11-,14-/m0/s1. The van der Waals surface area contributed by atoms with Crippen LogP contribution in [0.2, 0.25) is 0 Å². The lowest BCUT2D eigenvalue weighted by atomic mass is 10.1. The number of carbonyl (C=O) groups excluding carboxylic acids is 3. The van der Waals surface area contributed by atoms with E-state index in [1.165, 1.54) is 11.8 Å². The molecule has 2 fully saturated rings. The molecule has 1 aromatic rings. The number of amides is 3. The molecule has 142 valence electrons. The van der Waals surface area contributed by atoms with Crippen LogP contribution in [0.5, 0.6) is 0 Å². The largest absolute Gasteiger partial charge is 0.355 e. The minimum Gasteiger partial charge on any atom is -0.355 e. The van der Waals surface area contributed by atoms with Gasteiger partial charge in [0.05, 0.1) is 5.75 Å². The fourth-order valence-electron chi connectivity index (χ4n) is 3.28. The van der Waals surface area contributed by atoms with Crippen molar-refractivity contribution in [2.75, 3.05) is 25.1 Å². The second-order valence-electron chi connectivity index (χ2n) is 6.78. The van der Waals surface area contributed by atoms with E-state index >= 15 is 0 Å². The number of nitrogens with zero attached hydrogens (tertiary/aromatic N) is 2. The van der Waals surface area contributed by atoms with Crippen molar-refractivity contribution in [3.8, 4) is 0 Å².